The molecular weight excluding hydrogens is 817 g/mol. The number of hydrogen-bond donors (Lipinski definition) is 2. The van der Waals surface area contributed by atoms with Crippen molar-refractivity contribution in [1.29, 1.82) is 0 Å². The summed E-state index contributed by atoms with van der Waals surface area (Å²) in [4.78, 5) is 26.7. The first-order chi connectivity index (χ1) is 28.2. The molecule has 1 aromatic rings. The Bertz CT molecular complexity index is 1630. The van der Waals surface area contributed by atoms with Crippen LogP contribution in [0.3, 0.4) is 0 Å². The van der Waals surface area contributed by atoms with Crippen LogP contribution in [0.2, 0.25) is 0 Å². The van der Waals surface area contributed by atoms with Gasteiger partial charge in [-0.2, -0.15) is 0 Å². The van der Waals surface area contributed by atoms with Gasteiger partial charge in [-0.15, -0.1) is 0 Å². The molecule has 0 saturated carbocycles. The molecule has 3 aliphatic rings. The van der Waals surface area contributed by atoms with Gasteiger partial charge in [0.05, 0.1) is 32.0 Å². The second-order valence-electron chi connectivity index (χ2n) is 16.1. The first-order valence-electron chi connectivity index (χ1n) is 20.2. The summed E-state index contributed by atoms with van der Waals surface area (Å²) in [5.41, 5.74) is 1.07. The zero-order chi connectivity index (χ0) is 43.0. The minimum Gasteiger partial charge on any atom is -0.466 e. The monoisotopic (exact) mass is 880 g/mol. The fraction of sp³-hybridized carbons (Fsp3) is 0.667. The Labute approximate surface area is 358 Å². The molecule has 0 aromatic heterocycles. The molecule has 13 nitrogen and oxygen atoms in total. The summed E-state index contributed by atoms with van der Waals surface area (Å²) in [5.74, 6) is -3.07. The number of benzene rings is 1. The van der Waals surface area contributed by atoms with Crippen molar-refractivity contribution >= 4 is 46.7 Å². The summed E-state index contributed by atoms with van der Waals surface area (Å²) >= 11 is 4.93. The van der Waals surface area contributed by atoms with E-state index in [0.29, 0.717) is 58.2 Å². The quantitative estimate of drug-likeness (QED) is 0.0276. The fourth-order valence-electron chi connectivity index (χ4n) is 7.90. The van der Waals surface area contributed by atoms with Gasteiger partial charge >= 0.3 is 152 Å². The van der Waals surface area contributed by atoms with Crippen molar-refractivity contribution in [2.75, 3.05) is 27.6 Å². The standard InChI is InChI=1S/C42H63BO13P2S/c1-27-16-32(53-34(17-27)23-36-21-31(44)20-35(54-36)22-33(56-57)13-15-52-43-58-59)12-14-41(3,4)42(49-6)40(47)30(19-39(46)48-5)18-37(55-42)24-38(45)28(2)51-26-50-25-29-10-8-7-9-11-29/h7-12,14,19,28,31-38,44-45,58H,1,13,15-18,20-26,57H2,2-6H3/b14-12+,30-19+/t28-,31+,32+,33+,34+,35+,36-,37+,38-,42-/m1/s1. The zero-order valence-electron chi connectivity index (χ0n) is 35.0. The van der Waals surface area contributed by atoms with Crippen molar-refractivity contribution in [2.45, 2.75) is 146 Å². The van der Waals surface area contributed by atoms with Gasteiger partial charge in [-0.1, -0.05) is 62.9 Å². The smallest absolute Gasteiger partial charge is 0.466 e. The molecule has 0 radical (unpaired) electrons. The van der Waals surface area contributed by atoms with Crippen LogP contribution in [0.5, 0.6) is 0 Å². The number of carbonyl (C=O) groups is 2. The third kappa shape index (κ3) is 15.2. The van der Waals surface area contributed by atoms with Crippen LogP contribution >= 0.6 is 16.3 Å². The molecule has 12 atom stereocenters. The van der Waals surface area contributed by atoms with E-state index in [0.717, 1.165) is 17.2 Å². The molecule has 0 bridgehead atoms. The predicted molar refractivity (Wildman–Crippen MR) is 231 cm³/mol. The Hall–Kier alpha value is -1.81. The van der Waals surface area contributed by atoms with E-state index in [1.807, 2.05) is 56.3 Å². The van der Waals surface area contributed by atoms with Gasteiger partial charge in [-0.3, -0.25) is 4.79 Å². The number of carbonyl (C=O) groups excluding carboxylic acids is 2. The molecular formula is C42H63BO13P2S. The number of methoxy groups -OCH3 is 2. The van der Waals surface area contributed by atoms with E-state index >= 15 is 0 Å². The first kappa shape index (κ1) is 49.8. The molecule has 0 amide bonds. The second-order valence-corrected chi connectivity index (χ2v) is 17.5. The normalized spacial score (nSPS) is 29.1. The van der Waals surface area contributed by atoms with Gasteiger partial charge in [0.15, 0.2) is 0 Å². The Morgan fingerprint density at radius 2 is 1.86 bits per heavy atom. The topological polar surface area (TPSA) is 158 Å². The molecule has 2 unspecified atom stereocenters. The molecule has 3 heterocycles. The van der Waals surface area contributed by atoms with Gasteiger partial charge in [0.25, 0.3) is 0 Å². The van der Waals surface area contributed by atoms with E-state index < -0.39 is 47.4 Å². The van der Waals surface area contributed by atoms with E-state index in [9.17, 15) is 19.8 Å². The number of aliphatic hydroxyl groups is 2. The van der Waals surface area contributed by atoms with Crippen LogP contribution in [0.25, 0.3) is 0 Å². The maximum atomic E-state index is 14.3. The number of esters is 1. The van der Waals surface area contributed by atoms with Gasteiger partial charge in [-0.25, -0.2) is 4.79 Å². The van der Waals surface area contributed by atoms with Crippen molar-refractivity contribution in [1.82, 2.24) is 0 Å². The van der Waals surface area contributed by atoms with Crippen molar-refractivity contribution < 1.29 is 62.1 Å². The first-order valence-corrected chi connectivity index (χ1v) is 22.9. The van der Waals surface area contributed by atoms with Crippen molar-refractivity contribution in [2.24, 2.45) is 5.41 Å². The van der Waals surface area contributed by atoms with E-state index in [1.54, 1.807) is 13.7 Å². The summed E-state index contributed by atoms with van der Waals surface area (Å²) in [5, 5.41) is 22.0. The van der Waals surface area contributed by atoms with Crippen LogP contribution in [-0.2, 0) is 70.3 Å². The predicted octanol–water partition coefficient (Wildman–Crippen LogP) is 5.75. The van der Waals surface area contributed by atoms with Crippen LogP contribution in [0, 0.1) is 5.41 Å². The molecule has 1 aromatic carbocycles. The number of ketones is 1. The fourth-order valence-corrected chi connectivity index (χ4v) is 8.54. The summed E-state index contributed by atoms with van der Waals surface area (Å²) in [7, 11) is 4.95. The summed E-state index contributed by atoms with van der Waals surface area (Å²) in [6.45, 7) is 12.3. The number of Topliss-reactive ketones (excluding diaryl/α,β-unsaturated/α-hetero) is 1. The molecule has 328 valence electrons. The van der Waals surface area contributed by atoms with E-state index in [2.05, 4.69) is 16.0 Å². The minimum atomic E-state index is -1.87. The summed E-state index contributed by atoms with van der Waals surface area (Å²) < 4.78 is 52.9. The van der Waals surface area contributed by atoms with Crippen molar-refractivity contribution in [3.63, 3.8) is 0 Å². The van der Waals surface area contributed by atoms with E-state index in [-0.39, 0.29) is 62.6 Å². The molecule has 2 N–H and O–H groups in total. The number of aliphatic hydroxyl groups excluding tert-OH is 2. The van der Waals surface area contributed by atoms with Crippen LogP contribution in [0.15, 0.2) is 66.3 Å². The molecule has 4 rings (SSSR count). The second kappa shape index (κ2) is 24.7. The van der Waals surface area contributed by atoms with Crippen molar-refractivity contribution in [3.05, 3.63) is 71.8 Å². The van der Waals surface area contributed by atoms with Crippen molar-refractivity contribution in [3.8, 4) is 0 Å². The third-order valence-electron chi connectivity index (χ3n) is 11.1. The molecule has 3 fully saturated rings. The molecule has 3 aliphatic heterocycles. The minimum absolute atomic E-state index is 0.0303. The molecule has 0 spiro atoms. The van der Waals surface area contributed by atoms with Gasteiger partial charge in [-0.05, 0) is 18.9 Å². The molecule has 0 aliphatic carbocycles. The van der Waals surface area contributed by atoms with E-state index in [4.69, 9.17) is 54.1 Å². The van der Waals surface area contributed by atoms with E-state index in [1.165, 1.54) is 14.2 Å². The summed E-state index contributed by atoms with van der Waals surface area (Å²) in [6.07, 6.45) is 5.18. The molecule has 17 heteroatoms. The Balaban J connectivity index is 1.42. The summed E-state index contributed by atoms with van der Waals surface area (Å²) in [6, 6.07) is 9.69. The van der Waals surface area contributed by atoms with Crippen LogP contribution < -0.4 is 0 Å². The van der Waals surface area contributed by atoms with Gasteiger partial charge in [0.1, 0.15) is 6.79 Å². The third-order valence-corrected chi connectivity index (χ3v) is 12.0. The molecule has 3 saturated heterocycles. The maximum absolute atomic E-state index is 14.3. The van der Waals surface area contributed by atoms with Crippen LogP contribution in [-0.4, -0.2) is 117 Å². The van der Waals surface area contributed by atoms with Crippen LogP contribution in [0.4, 0.5) is 0 Å². The Morgan fingerprint density at radius 3 is 2.56 bits per heavy atom. The average Bonchev–Trinajstić information content (AvgIpc) is 3.20. The number of rotatable bonds is 22. The van der Waals surface area contributed by atoms with Crippen LogP contribution in [0.1, 0.15) is 84.1 Å². The number of hydrogen-bond acceptors (Lipinski definition) is 14. The molecule has 59 heavy (non-hydrogen) atoms. The van der Waals surface area contributed by atoms with Gasteiger partial charge < -0.3 is 28.8 Å². The zero-order valence-corrected chi connectivity index (χ0v) is 37.9. The Morgan fingerprint density at radius 1 is 1.12 bits per heavy atom. The number of ether oxygens (including phenoxy) is 7. The SMILES string of the molecule is C=C1C[C@@H](C[C@H]2C[C@@H](O)C[C@@H](C[C@H](CCOB=[PH]=S)OP)O2)O[C@@H](/C=C/C(C)(C)[C@]2(OC)O[C@H](C[C@@H](O)[C@@H](C)OCOCc3ccccc3)C/C(=C\C(=O)OC)C2=O)C1. The average molecular weight is 881 g/mol. The van der Waals surface area contributed by atoms with Gasteiger partial charge in [0.2, 0.25) is 11.6 Å². The van der Waals surface area contributed by atoms with Gasteiger partial charge in [0, 0.05) is 37.0 Å². The Kier molecular flexibility index (Phi) is 20.9.